The van der Waals surface area contributed by atoms with E-state index in [4.69, 9.17) is 0 Å². The summed E-state index contributed by atoms with van der Waals surface area (Å²) in [4.78, 5) is 0.329. The Balaban J connectivity index is 1.79. The molecule has 0 amide bonds. The van der Waals surface area contributed by atoms with Crippen molar-refractivity contribution in [3.8, 4) is 5.75 Å². The molecule has 1 N–H and O–H groups in total. The summed E-state index contributed by atoms with van der Waals surface area (Å²) in [6.07, 6.45) is 2.92. The average molecular weight is 361 g/mol. The lowest BCUT2D eigenvalue weighted by atomic mass is 10.2. The highest BCUT2D eigenvalue weighted by Gasteiger charge is 2.08. The fourth-order valence-electron chi connectivity index (χ4n) is 1.79. The van der Waals surface area contributed by atoms with E-state index in [-0.39, 0.29) is 5.75 Å². The summed E-state index contributed by atoms with van der Waals surface area (Å²) in [7, 11) is 0. The molecular weight excluding hydrogens is 352 g/mol. The summed E-state index contributed by atoms with van der Waals surface area (Å²) >= 11 is 3.31. The maximum absolute atomic E-state index is 11.3. The summed E-state index contributed by atoms with van der Waals surface area (Å²) in [5.41, 5.74) is 2.00. The molecule has 0 bridgehead atoms. The predicted molar refractivity (Wildman–Crippen MR) is 84.0 cm³/mol. The van der Waals surface area contributed by atoms with Crippen molar-refractivity contribution < 1.29 is 14.6 Å². The van der Waals surface area contributed by atoms with Crippen molar-refractivity contribution in [2.75, 3.05) is 0 Å². The molecule has 0 fully saturated rings. The van der Waals surface area contributed by atoms with Crippen LogP contribution in [0.25, 0.3) is 11.0 Å². The molecule has 22 heavy (non-hydrogen) atoms. The maximum Gasteiger partial charge on any atom is 0.248 e. The highest BCUT2D eigenvalue weighted by atomic mass is 79.9. The monoisotopic (exact) mass is 360 g/mol. The van der Waals surface area contributed by atoms with Gasteiger partial charge in [-0.15, -0.1) is 0 Å². The van der Waals surface area contributed by atoms with Crippen LogP contribution in [-0.4, -0.2) is 22.7 Å². The van der Waals surface area contributed by atoms with E-state index in [0.29, 0.717) is 27.1 Å². The first-order valence-electron chi connectivity index (χ1n) is 6.18. The Morgan fingerprint density at radius 2 is 2.00 bits per heavy atom. The van der Waals surface area contributed by atoms with E-state index in [9.17, 15) is 10.3 Å². The van der Waals surface area contributed by atoms with Crippen LogP contribution in [-0.2, 0) is 0 Å². The second kappa shape index (κ2) is 5.94. The van der Waals surface area contributed by atoms with Gasteiger partial charge in [0.2, 0.25) is 11.0 Å². The van der Waals surface area contributed by atoms with E-state index in [0.717, 1.165) is 4.47 Å². The molecule has 8 heteroatoms. The lowest BCUT2D eigenvalue weighted by Crippen LogP contribution is -2.22. The second-order valence-electron chi connectivity index (χ2n) is 4.37. The van der Waals surface area contributed by atoms with Gasteiger partial charge in [-0.25, -0.2) is 0 Å². The van der Waals surface area contributed by atoms with Crippen LogP contribution in [0.15, 0.2) is 55.7 Å². The lowest BCUT2D eigenvalue weighted by molar-refractivity contribution is -0.782. The van der Waals surface area contributed by atoms with Crippen LogP contribution in [0, 0.1) is 5.21 Å². The molecule has 1 aromatic heterocycles. The number of nitrogens with zero attached hydrogens (tertiary/aromatic N) is 4. The molecule has 0 unspecified atom stereocenters. The van der Waals surface area contributed by atoms with Gasteiger partial charge >= 0.3 is 0 Å². The van der Waals surface area contributed by atoms with E-state index < -0.39 is 0 Å². The summed E-state index contributed by atoms with van der Waals surface area (Å²) < 4.78 is 5.31. The second-order valence-corrected chi connectivity index (χ2v) is 5.29. The minimum Gasteiger partial charge on any atom is -0.507 e. The molecule has 2 aromatic carbocycles. The number of fused-ring (bicyclic) bond motifs is 1. The van der Waals surface area contributed by atoms with E-state index in [1.54, 1.807) is 36.4 Å². The standard InChI is InChI=1S/C14H9BrN4O3/c15-11-2-4-14(20)10(6-11)8-17-16-7-9-1-3-12-13(5-9)19(21)22-18-12/h1-8,20H/b16-7+,17-8+. The smallest absolute Gasteiger partial charge is 0.248 e. The van der Waals surface area contributed by atoms with Crippen molar-refractivity contribution in [3.63, 3.8) is 0 Å². The van der Waals surface area contributed by atoms with Crippen molar-refractivity contribution in [2.45, 2.75) is 0 Å². The Morgan fingerprint density at radius 3 is 2.86 bits per heavy atom. The number of hydrogen-bond acceptors (Lipinski definition) is 6. The Kier molecular flexibility index (Phi) is 3.84. The Morgan fingerprint density at radius 1 is 1.18 bits per heavy atom. The van der Waals surface area contributed by atoms with Gasteiger partial charge in [0.25, 0.3) is 0 Å². The van der Waals surface area contributed by atoms with Gasteiger partial charge in [0.15, 0.2) is 0 Å². The van der Waals surface area contributed by atoms with Crippen LogP contribution in [0.1, 0.15) is 11.1 Å². The Bertz CT molecular complexity index is 889. The Labute approximate surface area is 132 Å². The van der Waals surface area contributed by atoms with Crippen LogP contribution in [0.2, 0.25) is 0 Å². The molecule has 3 rings (SSSR count). The first-order chi connectivity index (χ1) is 10.6. The van der Waals surface area contributed by atoms with Gasteiger partial charge in [-0.1, -0.05) is 15.9 Å². The molecule has 0 aliphatic carbocycles. The molecule has 0 atom stereocenters. The molecule has 0 radical (unpaired) electrons. The highest BCUT2D eigenvalue weighted by Crippen LogP contribution is 2.20. The van der Waals surface area contributed by atoms with Crippen LogP contribution < -0.4 is 4.90 Å². The zero-order valence-electron chi connectivity index (χ0n) is 11.0. The van der Waals surface area contributed by atoms with E-state index in [2.05, 4.69) is 35.9 Å². The fourth-order valence-corrected chi connectivity index (χ4v) is 2.17. The zero-order chi connectivity index (χ0) is 15.5. The minimum absolute atomic E-state index is 0.112. The molecule has 0 spiro atoms. The predicted octanol–water partition coefficient (Wildman–Crippen LogP) is 2.38. The number of aromatic nitrogens is 2. The summed E-state index contributed by atoms with van der Waals surface area (Å²) in [5.74, 6) is 0.112. The van der Waals surface area contributed by atoms with Crippen molar-refractivity contribution in [2.24, 2.45) is 10.2 Å². The third-order valence-corrected chi connectivity index (χ3v) is 3.36. The highest BCUT2D eigenvalue weighted by molar-refractivity contribution is 9.10. The van der Waals surface area contributed by atoms with Gasteiger partial charge in [-0.3, -0.25) is 4.63 Å². The molecular formula is C14H9BrN4O3. The van der Waals surface area contributed by atoms with Gasteiger partial charge in [-0.05, 0) is 40.8 Å². The van der Waals surface area contributed by atoms with E-state index in [1.807, 2.05) is 0 Å². The number of rotatable bonds is 3. The molecule has 110 valence electrons. The molecule has 1 heterocycles. The zero-order valence-corrected chi connectivity index (χ0v) is 12.6. The molecule has 0 saturated carbocycles. The van der Waals surface area contributed by atoms with Gasteiger partial charge < -0.3 is 10.3 Å². The van der Waals surface area contributed by atoms with Crippen molar-refractivity contribution in [1.82, 2.24) is 5.16 Å². The summed E-state index contributed by atoms with van der Waals surface area (Å²) in [6, 6.07) is 9.98. The van der Waals surface area contributed by atoms with Crippen LogP contribution in [0.3, 0.4) is 0 Å². The SMILES string of the molecule is [O-][n+]1onc2ccc(/C=N/N=C/c3cc(Br)ccc3O)cc21. The number of phenolic OH excluding ortho intramolecular Hbond substituents is 1. The molecule has 7 nitrogen and oxygen atoms in total. The number of hydrogen-bond donors (Lipinski definition) is 1. The normalized spacial score (nSPS) is 11.9. The van der Waals surface area contributed by atoms with Gasteiger partial charge in [0, 0.05) is 21.3 Å². The maximum atomic E-state index is 11.3. The third kappa shape index (κ3) is 2.96. The average Bonchev–Trinajstić information content (AvgIpc) is 2.88. The minimum atomic E-state index is 0.112. The van der Waals surface area contributed by atoms with E-state index >= 15 is 0 Å². The van der Waals surface area contributed by atoms with Crippen LogP contribution in [0.4, 0.5) is 0 Å². The number of aromatic hydroxyl groups is 1. The first-order valence-corrected chi connectivity index (χ1v) is 6.97. The number of phenols is 1. The molecule has 0 saturated heterocycles. The number of halogens is 1. The van der Waals surface area contributed by atoms with Crippen molar-refractivity contribution in [1.29, 1.82) is 0 Å². The van der Waals surface area contributed by atoms with Crippen molar-refractivity contribution >= 4 is 39.4 Å². The molecule has 0 aliphatic rings. The topological polar surface area (TPSA) is 97.9 Å². The van der Waals surface area contributed by atoms with Crippen LogP contribution >= 0.6 is 15.9 Å². The Hall–Kier alpha value is -2.74. The number of benzene rings is 2. The molecule has 0 aliphatic heterocycles. The van der Waals surface area contributed by atoms with Gasteiger partial charge in [-0.2, -0.15) is 10.2 Å². The fraction of sp³-hybridized carbons (Fsp3) is 0. The summed E-state index contributed by atoms with van der Waals surface area (Å²) in [6.45, 7) is 0. The largest absolute Gasteiger partial charge is 0.507 e. The quantitative estimate of drug-likeness (QED) is 0.440. The van der Waals surface area contributed by atoms with Crippen LogP contribution in [0.5, 0.6) is 5.75 Å². The lowest BCUT2D eigenvalue weighted by Gasteiger charge is -1.97. The molecule has 3 aromatic rings. The summed E-state index contributed by atoms with van der Waals surface area (Å²) in [5, 5.41) is 32.3. The van der Waals surface area contributed by atoms with E-state index in [1.165, 1.54) is 12.4 Å². The first kappa shape index (κ1) is 14.2. The van der Waals surface area contributed by atoms with Gasteiger partial charge in [0.05, 0.1) is 12.4 Å². The van der Waals surface area contributed by atoms with Gasteiger partial charge in [0.1, 0.15) is 5.75 Å². The third-order valence-electron chi connectivity index (χ3n) is 2.87. The van der Waals surface area contributed by atoms with Crippen molar-refractivity contribution in [3.05, 3.63) is 57.2 Å².